The fourth-order valence-corrected chi connectivity index (χ4v) is 3.27. The SMILES string of the molecule is CCc1cnccc1C(N)C1CCCc2cccnc21. The first kappa shape index (κ1) is 13.3. The lowest BCUT2D eigenvalue weighted by Crippen LogP contribution is -2.25. The van der Waals surface area contributed by atoms with Gasteiger partial charge in [-0.05, 0) is 54.5 Å². The first-order chi connectivity index (χ1) is 9.81. The maximum atomic E-state index is 6.59. The number of aryl methyl sites for hydroxylation is 2. The lowest BCUT2D eigenvalue weighted by molar-refractivity contribution is 0.460. The van der Waals surface area contributed by atoms with E-state index in [9.17, 15) is 0 Å². The molecular formula is C17H21N3. The van der Waals surface area contributed by atoms with Crippen LogP contribution in [0.5, 0.6) is 0 Å². The predicted molar refractivity (Wildman–Crippen MR) is 80.5 cm³/mol. The van der Waals surface area contributed by atoms with Gasteiger partial charge in [0, 0.05) is 36.2 Å². The van der Waals surface area contributed by atoms with E-state index in [0.717, 1.165) is 19.3 Å². The van der Waals surface area contributed by atoms with Gasteiger partial charge >= 0.3 is 0 Å². The third kappa shape index (κ3) is 2.34. The summed E-state index contributed by atoms with van der Waals surface area (Å²) in [5.41, 5.74) is 11.6. The van der Waals surface area contributed by atoms with Crippen LogP contribution < -0.4 is 5.73 Å². The molecule has 3 nitrogen and oxygen atoms in total. The van der Waals surface area contributed by atoms with Crippen LogP contribution in [0, 0.1) is 0 Å². The van der Waals surface area contributed by atoms with Gasteiger partial charge in [-0.25, -0.2) is 0 Å². The third-order valence-corrected chi connectivity index (χ3v) is 4.35. The van der Waals surface area contributed by atoms with Crippen molar-refractivity contribution in [2.75, 3.05) is 0 Å². The number of fused-ring (bicyclic) bond motifs is 1. The molecule has 0 aliphatic heterocycles. The maximum absolute atomic E-state index is 6.59. The Hall–Kier alpha value is -1.74. The molecule has 0 bridgehead atoms. The van der Waals surface area contributed by atoms with Gasteiger partial charge in [0.15, 0.2) is 0 Å². The Morgan fingerprint density at radius 3 is 3.10 bits per heavy atom. The summed E-state index contributed by atoms with van der Waals surface area (Å²) in [5, 5.41) is 0. The van der Waals surface area contributed by atoms with E-state index in [0.29, 0.717) is 5.92 Å². The van der Waals surface area contributed by atoms with Crippen LogP contribution in [0.4, 0.5) is 0 Å². The molecule has 2 unspecified atom stereocenters. The number of rotatable bonds is 3. The van der Waals surface area contributed by atoms with Crippen LogP contribution in [-0.2, 0) is 12.8 Å². The Morgan fingerprint density at radius 2 is 2.25 bits per heavy atom. The van der Waals surface area contributed by atoms with Gasteiger partial charge in [-0.1, -0.05) is 13.0 Å². The van der Waals surface area contributed by atoms with E-state index in [2.05, 4.69) is 29.0 Å². The van der Waals surface area contributed by atoms with Crippen molar-refractivity contribution >= 4 is 0 Å². The molecule has 3 rings (SSSR count). The molecule has 2 aromatic rings. The molecule has 3 heteroatoms. The molecule has 0 radical (unpaired) electrons. The molecule has 0 aromatic carbocycles. The molecule has 2 heterocycles. The average molecular weight is 267 g/mol. The highest BCUT2D eigenvalue weighted by Crippen LogP contribution is 2.38. The van der Waals surface area contributed by atoms with Crippen molar-refractivity contribution in [1.82, 2.24) is 9.97 Å². The van der Waals surface area contributed by atoms with Crippen LogP contribution in [0.15, 0.2) is 36.8 Å². The molecule has 0 fully saturated rings. The smallest absolute Gasteiger partial charge is 0.0485 e. The van der Waals surface area contributed by atoms with Crippen LogP contribution in [0.2, 0.25) is 0 Å². The average Bonchev–Trinajstić information content (AvgIpc) is 2.53. The number of hydrogen-bond donors (Lipinski definition) is 1. The molecule has 2 N–H and O–H groups in total. The minimum Gasteiger partial charge on any atom is -0.323 e. The van der Waals surface area contributed by atoms with Gasteiger partial charge in [-0.3, -0.25) is 9.97 Å². The summed E-state index contributed by atoms with van der Waals surface area (Å²) in [6.07, 6.45) is 10.1. The zero-order valence-corrected chi connectivity index (χ0v) is 11.9. The highest BCUT2D eigenvalue weighted by atomic mass is 14.8. The summed E-state index contributed by atoms with van der Waals surface area (Å²) >= 11 is 0. The van der Waals surface area contributed by atoms with E-state index in [4.69, 9.17) is 5.73 Å². The fourth-order valence-electron chi connectivity index (χ4n) is 3.27. The maximum Gasteiger partial charge on any atom is 0.0485 e. The van der Waals surface area contributed by atoms with Crippen molar-refractivity contribution in [1.29, 1.82) is 0 Å². The number of aromatic nitrogens is 2. The Morgan fingerprint density at radius 1 is 1.35 bits per heavy atom. The van der Waals surface area contributed by atoms with Gasteiger partial charge in [0.1, 0.15) is 0 Å². The van der Waals surface area contributed by atoms with E-state index < -0.39 is 0 Å². The molecule has 1 aliphatic carbocycles. The Kier molecular flexibility index (Phi) is 3.79. The normalized spacial score (nSPS) is 19.4. The van der Waals surface area contributed by atoms with Crippen molar-refractivity contribution in [3.63, 3.8) is 0 Å². The molecule has 2 aromatic heterocycles. The topological polar surface area (TPSA) is 51.8 Å². The summed E-state index contributed by atoms with van der Waals surface area (Å²) in [5.74, 6) is 0.327. The molecule has 0 saturated carbocycles. The van der Waals surface area contributed by atoms with Crippen LogP contribution in [0.1, 0.15) is 54.1 Å². The molecule has 104 valence electrons. The Bertz CT molecular complexity index is 594. The van der Waals surface area contributed by atoms with Gasteiger partial charge in [0.2, 0.25) is 0 Å². The number of pyridine rings is 2. The van der Waals surface area contributed by atoms with Crippen molar-refractivity contribution < 1.29 is 0 Å². The van der Waals surface area contributed by atoms with Gasteiger partial charge in [-0.15, -0.1) is 0 Å². The molecule has 0 saturated heterocycles. The largest absolute Gasteiger partial charge is 0.323 e. The molecule has 1 aliphatic rings. The zero-order valence-electron chi connectivity index (χ0n) is 11.9. The quantitative estimate of drug-likeness (QED) is 0.929. The highest BCUT2D eigenvalue weighted by Gasteiger charge is 2.28. The van der Waals surface area contributed by atoms with E-state index in [-0.39, 0.29) is 6.04 Å². The van der Waals surface area contributed by atoms with Crippen molar-refractivity contribution in [3.8, 4) is 0 Å². The van der Waals surface area contributed by atoms with Crippen LogP contribution in [-0.4, -0.2) is 9.97 Å². The van der Waals surface area contributed by atoms with Gasteiger partial charge in [-0.2, -0.15) is 0 Å². The second-order valence-electron chi connectivity index (χ2n) is 5.50. The molecule has 2 atom stereocenters. The summed E-state index contributed by atoms with van der Waals surface area (Å²) < 4.78 is 0. The van der Waals surface area contributed by atoms with E-state index in [1.165, 1.54) is 28.8 Å². The fraction of sp³-hybridized carbons (Fsp3) is 0.412. The van der Waals surface area contributed by atoms with Gasteiger partial charge in [0.05, 0.1) is 0 Å². The second-order valence-corrected chi connectivity index (χ2v) is 5.50. The lowest BCUT2D eigenvalue weighted by atomic mass is 9.79. The first-order valence-corrected chi connectivity index (χ1v) is 7.43. The molecule has 0 amide bonds. The summed E-state index contributed by atoms with van der Waals surface area (Å²) in [6, 6.07) is 6.30. The molecule has 0 spiro atoms. The van der Waals surface area contributed by atoms with E-state index in [1.54, 1.807) is 0 Å². The van der Waals surface area contributed by atoms with Crippen molar-refractivity contribution in [2.45, 2.75) is 44.6 Å². The minimum absolute atomic E-state index is 0.0156. The minimum atomic E-state index is 0.0156. The number of nitrogens with two attached hydrogens (primary N) is 1. The molecule has 20 heavy (non-hydrogen) atoms. The highest BCUT2D eigenvalue weighted by molar-refractivity contribution is 5.34. The summed E-state index contributed by atoms with van der Waals surface area (Å²) in [4.78, 5) is 8.82. The summed E-state index contributed by atoms with van der Waals surface area (Å²) in [7, 11) is 0. The van der Waals surface area contributed by atoms with Crippen molar-refractivity contribution in [3.05, 3.63) is 59.2 Å². The summed E-state index contributed by atoms with van der Waals surface area (Å²) in [6.45, 7) is 2.15. The van der Waals surface area contributed by atoms with E-state index in [1.807, 2.05) is 24.7 Å². The second kappa shape index (κ2) is 5.71. The third-order valence-electron chi connectivity index (χ3n) is 4.35. The Labute approximate surface area is 120 Å². The number of nitrogens with zero attached hydrogens (tertiary/aromatic N) is 2. The Balaban J connectivity index is 1.97. The number of hydrogen-bond acceptors (Lipinski definition) is 3. The van der Waals surface area contributed by atoms with Crippen LogP contribution in [0.25, 0.3) is 0 Å². The predicted octanol–water partition coefficient (Wildman–Crippen LogP) is 3.16. The van der Waals surface area contributed by atoms with Gasteiger partial charge in [0.25, 0.3) is 0 Å². The zero-order chi connectivity index (χ0) is 13.9. The standard InChI is InChI=1S/C17H21N3/c1-2-12-11-19-10-8-14(12)16(18)15-7-3-5-13-6-4-9-20-17(13)15/h4,6,8-11,15-16H,2-3,5,7,18H2,1H3. The first-order valence-electron chi connectivity index (χ1n) is 7.43. The van der Waals surface area contributed by atoms with E-state index >= 15 is 0 Å². The van der Waals surface area contributed by atoms with Crippen molar-refractivity contribution in [2.24, 2.45) is 5.73 Å². The lowest BCUT2D eigenvalue weighted by Gasteiger charge is -2.30. The molecular weight excluding hydrogens is 246 g/mol. The van der Waals surface area contributed by atoms with Crippen LogP contribution >= 0.6 is 0 Å². The monoisotopic (exact) mass is 267 g/mol. The van der Waals surface area contributed by atoms with Gasteiger partial charge < -0.3 is 5.73 Å². The van der Waals surface area contributed by atoms with Crippen LogP contribution in [0.3, 0.4) is 0 Å².